The van der Waals surface area contributed by atoms with Gasteiger partial charge in [0.1, 0.15) is 0 Å². The van der Waals surface area contributed by atoms with Crippen LogP contribution >= 0.6 is 22.3 Å². The van der Waals surface area contributed by atoms with Crippen molar-refractivity contribution in [3.8, 4) is 0 Å². The molecule has 94 valence electrons. The quantitative estimate of drug-likeness (QED) is 0.828. The maximum Gasteiger partial charge on any atom is 0.328 e. The van der Waals surface area contributed by atoms with Gasteiger partial charge >= 0.3 is 5.69 Å². The highest BCUT2D eigenvalue weighted by Crippen LogP contribution is 2.08. The van der Waals surface area contributed by atoms with Crippen LogP contribution in [0.5, 0.6) is 0 Å². The van der Waals surface area contributed by atoms with Crippen molar-refractivity contribution in [1.82, 2.24) is 9.55 Å². The lowest BCUT2D eigenvalue weighted by molar-refractivity contribution is 0.603. The van der Waals surface area contributed by atoms with Crippen molar-refractivity contribution >= 4 is 31.3 Å². The van der Waals surface area contributed by atoms with E-state index in [1.54, 1.807) is 6.92 Å². The van der Waals surface area contributed by atoms with Gasteiger partial charge in [-0.25, -0.2) is 13.2 Å². The Hall–Kier alpha value is -1.05. The minimum Gasteiger partial charge on any atom is -0.295 e. The first-order valence-electron chi connectivity index (χ1n) is 4.30. The van der Waals surface area contributed by atoms with Crippen molar-refractivity contribution < 1.29 is 8.42 Å². The zero-order valence-corrected chi connectivity index (χ0v) is 10.9. The first kappa shape index (κ1) is 14.0. The second-order valence-electron chi connectivity index (χ2n) is 3.27. The van der Waals surface area contributed by atoms with Crippen LogP contribution in [0.1, 0.15) is 6.92 Å². The molecule has 0 aliphatic carbocycles. The molecule has 0 unspecified atom stereocenters. The van der Waals surface area contributed by atoms with Crippen molar-refractivity contribution in [2.75, 3.05) is 0 Å². The molecule has 0 atom stereocenters. The molecule has 1 N–H and O–H groups in total. The maximum atomic E-state index is 11.4. The summed E-state index contributed by atoms with van der Waals surface area (Å²) < 4.78 is 23.1. The molecule has 0 aliphatic heterocycles. The van der Waals surface area contributed by atoms with Gasteiger partial charge in [0, 0.05) is 29.0 Å². The fourth-order valence-corrected chi connectivity index (χ4v) is 2.01. The Morgan fingerprint density at radius 3 is 2.59 bits per heavy atom. The molecular formula is C8H8Cl2N2O4S. The molecule has 0 aliphatic rings. The van der Waals surface area contributed by atoms with E-state index in [0.29, 0.717) is 5.57 Å². The second-order valence-corrected chi connectivity index (χ2v) is 6.03. The van der Waals surface area contributed by atoms with Crippen LogP contribution in [0.2, 0.25) is 0 Å². The number of hydrogen-bond donors (Lipinski definition) is 1. The fourth-order valence-electron chi connectivity index (χ4n) is 1.08. The molecule has 9 heteroatoms. The average molecular weight is 299 g/mol. The molecule has 0 amide bonds. The number of H-pyrrole nitrogens is 1. The van der Waals surface area contributed by atoms with Gasteiger partial charge in [0.25, 0.3) is 14.6 Å². The summed E-state index contributed by atoms with van der Waals surface area (Å²) in [4.78, 5) is 23.8. The van der Waals surface area contributed by atoms with E-state index in [0.717, 1.165) is 10.8 Å². The molecule has 1 heterocycles. The summed E-state index contributed by atoms with van der Waals surface area (Å²) in [5, 5.41) is 0. The Morgan fingerprint density at radius 1 is 1.53 bits per heavy atom. The molecule has 0 spiro atoms. The van der Waals surface area contributed by atoms with Crippen LogP contribution in [0.3, 0.4) is 0 Å². The molecular weight excluding hydrogens is 291 g/mol. The number of hydrogen-bond acceptors (Lipinski definition) is 4. The summed E-state index contributed by atoms with van der Waals surface area (Å²) in [5.74, 6) is 0. The van der Waals surface area contributed by atoms with Gasteiger partial charge in [-0.15, -0.1) is 0 Å². The highest BCUT2D eigenvalue weighted by atomic mass is 35.7. The number of nitrogens with zero attached hydrogens (tertiary/aromatic N) is 1. The van der Waals surface area contributed by atoms with Gasteiger partial charge < -0.3 is 0 Å². The Balaban J connectivity index is 3.46. The predicted octanol–water partition coefficient (Wildman–Crippen LogP) is 0.607. The number of rotatable bonds is 3. The number of halogens is 2. The molecule has 1 aromatic heterocycles. The van der Waals surface area contributed by atoms with Crippen LogP contribution in [-0.4, -0.2) is 18.0 Å². The normalized spacial score (nSPS) is 12.8. The zero-order valence-electron chi connectivity index (χ0n) is 8.61. The van der Waals surface area contributed by atoms with Crippen LogP contribution in [-0.2, 0) is 15.6 Å². The zero-order chi connectivity index (χ0) is 13.2. The predicted molar refractivity (Wildman–Crippen MR) is 64.0 cm³/mol. The Bertz CT molecular complexity index is 672. The van der Waals surface area contributed by atoms with E-state index in [-0.39, 0.29) is 6.54 Å². The summed E-state index contributed by atoms with van der Waals surface area (Å²) in [7, 11) is 0.856. The summed E-state index contributed by atoms with van der Waals surface area (Å²) in [6, 6.07) is 0. The Morgan fingerprint density at radius 2 is 2.12 bits per heavy atom. The van der Waals surface area contributed by atoms with Crippen molar-refractivity contribution in [2.45, 2.75) is 18.4 Å². The highest BCUT2D eigenvalue weighted by molar-refractivity contribution is 8.13. The van der Waals surface area contributed by atoms with E-state index >= 15 is 0 Å². The molecule has 0 saturated carbocycles. The molecule has 6 nitrogen and oxygen atoms in total. The molecule has 0 aromatic carbocycles. The SMILES string of the molecule is C/C(=C/Cl)Cn1cc(S(=O)(=O)Cl)c(=O)[nH]c1=O. The molecule has 0 fully saturated rings. The van der Waals surface area contributed by atoms with Crippen LogP contribution in [0, 0.1) is 0 Å². The third kappa shape index (κ3) is 3.45. The van der Waals surface area contributed by atoms with Crippen molar-refractivity contribution in [1.29, 1.82) is 0 Å². The van der Waals surface area contributed by atoms with Crippen molar-refractivity contribution in [3.05, 3.63) is 38.1 Å². The minimum absolute atomic E-state index is 0.0541. The Labute approximate surface area is 106 Å². The van der Waals surface area contributed by atoms with Gasteiger partial charge in [0.15, 0.2) is 4.90 Å². The van der Waals surface area contributed by atoms with E-state index in [1.165, 1.54) is 5.54 Å². The highest BCUT2D eigenvalue weighted by Gasteiger charge is 2.17. The Kier molecular flexibility index (Phi) is 4.18. The average Bonchev–Trinajstić information content (AvgIpc) is 2.19. The monoisotopic (exact) mass is 298 g/mol. The van der Waals surface area contributed by atoms with Crippen molar-refractivity contribution in [2.24, 2.45) is 0 Å². The lowest BCUT2D eigenvalue weighted by Crippen LogP contribution is -2.32. The van der Waals surface area contributed by atoms with Crippen LogP contribution < -0.4 is 11.2 Å². The molecule has 17 heavy (non-hydrogen) atoms. The van der Waals surface area contributed by atoms with Gasteiger partial charge in [-0.05, 0) is 12.5 Å². The van der Waals surface area contributed by atoms with E-state index in [9.17, 15) is 18.0 Å². The maximum absolute atomic E-state index is 11.4. The van der Waals surface area contributed by atoms with E-state index in [2.05, 4.69) is 0 Å². The van der Waals surface area contributed by atoms with Crippen LogP contribution in [0.15, 0.2) is 31.8 Å². The van der Waals surface area contributed by atoms with Crippen LogP contribution in [0.25, 0.3) is 0 Å². The lowest BCUT2D eigenvalue weighted by atomic mass is 10.3. The standard InChI is InChI=1S/C8H8Cl2N2O4S/c1-5(2-9)3-12-4-6(17(10,15)16)7(13)11-8(12)14/h2,4H,3H2,1H3,(H,11,13,14)/b5-2-. The van der Waals surface area contributed by atoms with Crippen LogP contribution in [0.4, 0.5) is 0 Å². The molecule has 0 bridgehead atoms. The minimum atomic E-state index is -4.20. The molecule has 1 aromatic rings. The van der Waals surface area contributed by atoms with Gasteiger partial charge in [-0.2, -0.15) is 0 Å². The smallest absolute Gasteiger partial charge is 0.295 e. The van der Waals surface area contributed by atoms with Gasteiger partial charge in [0.05, 0.1) is 0 Å². The lowest BCUT2D eigenvalue weighted by Gasteiger charge is -2.05. The molecule has 1 rings (SSSR count). The van der Waals surface area contributed by atoms with Gasteiger partial charge in [0.2, 0.25) is 0 Å². The summed E-state index contributed by atoms with van der Waals surface area (Å²) >= 11 is 5.42. The van der Waals surface area contributed by atoms with E-state index in [1.807, 2.05) is 4.98 Å². The molecule has 0 saturated heterocycles. The van der Waals surface area contributed by atoms with Crippen molar-refractivity contribution in [3.63, 3.8) is 0 Å². The summed E-state index contributed by atoms with van der Waals surface area (Å²) in [6.07, 6.45) is 0.882. The third-order valence-corrected chi connectivity index (χ3v) is 3.53. The topological polar surface area (TPSA) is 89.0 Å². The van der Waals surface area contributed by atoms with Gasteiger partial charge in [-0.1, -0.05) is 11.6 Å². The summed E-state index contributed by atoms with van der Waals surface area (Å²) in [5.41, 5.74) is 0.0660. The number of nitrogens with one attached hydrogen (secondary N) is 1. The first-order valence-corrected chi connectivity index (χ1v) is 7.04. The number of allylic oxidation sites excluding steroid dienone is 1. The number of aromatic nitrogens is 2. The third-order valence-electron chi connectivity index (χ3n) is 1.85. The molecule has 0 radical (unpaired) electrons. The first-order chi connectivity index (χ1) is 7.75. The fraction of sp³-hybridized carbons (Fsp3) is 0.250. The van der Waals surface area contributed by atoms with E-state index < -0.39 is 25.2 Å². The van der Waals surface area contributed by atoms with Gasteiger partial charge in [-0.3, -0.25) is 14.3 Å². The number of aromatic amines is 1. The second kappa shape index (κ2) is 5.07. The summed E-state index contributed by atoms with van der Waals surface area (Å²) in [6.45, 7) is 1.69. The largest absolute Gasteiger partial charge is 0.328 e. The van der Waals surface area contributed by atoms with E-state index in [4.69, 9.17) is 22.3 Å².